The fourth-order valence-electron chi connectivity index (χ4n) is 2.88. The summed E-state index contributed by atoms with van der Waals surface area (Å²) in [6.45, 7) is 5.05. The van der Waals surface area contributed by atoms with E-state index in [0.717, 1.165) is 24.6 Å². The molecule has 1 aromatic carbocycles. The average molecular weight is 260 g/mol. The Hall–Kier alpha value is -1.40. The van der Waals surface area contributed by atoms with Gasteiger partial charge in [-0.25, -0.2) is 4.39 Å². The van der Waals surface area contributed by atoms with Gasteiger partial charge in [-0.1, -0.05) is 19.8 Å². The summed E-state index contributed by atoms with van der Waals surface area (Å²) in [6.07, 6.45) is 5.03. The van der Waals surface area contributed by atoms with Crippen molar-refractivity contribution in [3.63, 3.8) is 0 Å². The number of piperidine rings is 1. The number of rotatable bonds is 4. The summed E-state index contributed by atoms with van der Waals surface area (Å²) < 4.78 is 13.3. The molecule has 1 heterocycles. The number of hydrogen-bond acceptors (Lipinski definition) is 2. The molecule has 1 fully saturated rings. The van der Waals surface area contributed by atoms with Crippen LogP contribution in [0.15, 0.2) is 18.2 Å². The highest BCUT2D eigenvalue weighted by atomic mass is 19.1. The Bertz CT molecular complexity index is 456. The lowest BCUT2D eigenvalue weighted by atomic mass is 9.92. The van der Waals surface area contributed by atoms with E-state index in [1.807, 2.05) is 0 Å². The molecule has 0 N–H and O–H groups in total. The summed E-state index contributed by atoms with van der Waals surface area (Å²) in [4.78, 5) is 2.34. The Balaban J connectivity index is 1.96. The van der Waals surface area contributed by atoms with Crippen LogP contribution in [-0.4, -0.2) is 18.0 Å². The van der Waals surface area contributed by atoms with Crippen molar-refractivity contribution in [1.29, 1.82) is 5.26 Å². The van der Waals surface area contributed by atoms with E-state index < -0.39 is 0 Å². The van der Waals surface area contributed by atoms with Crippen molar-refractivity contribution in [2.45, 2.75) is 39.2 Å². The van der Waals surface area contributed by atoms with E-state index in [-0.39, 0.29) is 5.82 Å². The molecule has 3 heteroatoms. The zero-order valence-electron chi connectivity index (χ0n) is 11.5. The molecule has 2 rings (SSSR count). The number of halogens is 1. The Morgan fingerprint density at radius 3 is 2.74 bits per heavy atom. The van der Waals surface area contributed by atoms with Crippen LogP contribution in [0.2, 0.25) is 0 Å². The molecule has 0 radical (unpaired) electrons. The van der Waals surface area contributed by atoms with Crippen molar-refractivity contribution in [3.8, 4) is 6.07 Å². The van der Waals surface area contributed by atoms with E-state index in [1.54, 1.807) is 6.07 Å². The second-order valence-corrected chi connectivity index (χ2v) is 5.42. The molecule has 0 aromatic heterocycles. The smallest absolute Gasteiger partial charge is 0.123 e. The first kappa shape index (κ1) is 14.0. The predicted molar refractivity (Wildman–Crippen MR) is 74.0 cm³/mol. The molecule has 0 spiro atoms. The standard InChI is InChI=1S/C16H21FN2/c1-2-3-13-6-8-19(9-7-13)12-15-10-16(17)5-4-14(15)11-18/h4-5,10,13H,2-3,6-9,12H2,1H3. The van der Waals surface area contributed by atoms with Gasteiger partial charge in [0.1, 0.15) is 5.82 Å². The molecular weight excluding hydrogens is 239 g/mol. The summed E-state index contributed by atoms with van der Waals surface area (Å²) in [5, 5.41) is 9.06. The number of hydrogen-bond donors (Lipinski definition) is 0. The van der Waals surface area contributed by atoms with Gasteiger partial charge >= 0.3 is 0 Å². The third kappa shape index (κ3) is 3.78. The van der Waals surface area contributed by atoms with Gasteiger partial charge < -0.3 is 0 Å². The van der Waals surface area contributed by atoms with Gasteiger partial charge in [-0.15, -0.1) is 0 Å². The van der Waals surface area contributed by atoms with Crippen LogP contribution >= 0.6 is 0 Å². The van der Waals surface area contributed by atoms with Crippen molar-refractivity contribution in [3.05, 3.63) is 35.1 Å². The summed E-state index contributed by atoms with van der Waals surface area (Å²) in [6, 6.07) is 6.58. The lowest BCUT2D eigenvalue weighted by Crippen LogP contribution is -2.33. The van der Waals surface area contributed by atoms with Crippen LogP contribution in [0.25, 0.3) is 0 Å². The fourth-order valence-corrected chi connectivity index (χ4v) is 2.88. The molecule has 0 unspecified atom stereocenters. The fraction of sp³-hybridized carbons (Fsp3) is 0.562. The van der Waals surface area contributed by atoms with Crippen LogP contribution in [0.1, 0.15) is 43.7 Å². The van der Waals surface area contributed by atoms with Gasteiger partial charge in [0.2, 0.25) is 0 Å². The number of nitriles is 1. The van der Waals surface area contributed by atoms with E-state index in [1.165, 1.54) is 37.8 Å². The van der Waals surface area contributed by atoms with E-state index >= 15 is 0 Å². The van der Waals surface area contributed by atoms with Gasteiger partial charge in [-0.05, 0) is 55.6 Å². The zero-order valence-corrected chi connectivity index (χ0v) is 11.5. The SMILES string of the molecule is CCCC1CCN(Cc2cc(F)ccc2C#N)CC1. The summed E-state index contributed by atoms with van der Waals surface area (Å²) in [5.74, 6) is 0.596. The molecule has 102 valence electrons. The van der Waals surface area contributed by atoms with E-state index in [2.05, 4.69) is 17.9 Å². The maximum Gasteiger partial charge on any atom is 0.123 e. The Kier molecular flexibility index (Phi) is 4.93. The second-order valence-electron chi connectivity index (χ2n) is 5.42. The van der Waals surface area contributed by atoms with Gasteiger partial charge in [0.25, 0.3) is 0 Å². The van der Waals surface area contributed by atoms with E-state index in [9.17, 15) is 4.39 Å². The van der Waals surface area contributed by atoms with Gasteiger partial charge in [-0.2, -0.15) is 5.26 Å². The molecule has 0 aliphatic carbocycles. The predicted octanol–water partition coefficient (Wildman–Crippen LogP) is 3.71. The van der Waals surface area contributed by atoms with Crippen molar-refractivity contribution >= 4 is 0 Å². The number of nitrogens with zero attached hydrogens (tertiary/aromatic N) is 2. The van der Waals surface area contributed by atoms with Crippen molar-refractivity contribution < 1.29 is 4.39 Å². The van der Waals surface area contributed by atoms with Gasteiger partial charge in [0.05, 0.1) is 11.6 Å². The summed E-state index contributed by atoms with van der Waals surface area (Å²) in [7, 11) is 0. The molecular formula is C16H21FN2. The van der Waals surface area contributed by atoms with Gasteiger partial charge in [-0.3, -0.25) is 4.90 Å². The molecule has 0 bridgehead atoms. The second kappa shape index (κ2) is 6.68. The first-order valence-corrected chi connectivity index (χ1v) is 7.13. The molecule has 0 saturated carbocycles. The molecule has 0 atom stereocenters. The Labute approximate surface area is 114 Å². The molecule has 19 heavy (non-hydrogen) atoms. The Morgan fingerprint density at radius 1 is 1.37 bits per heavy atom. The van der Waals surface area contributed by atoms with Crippen LogP contribution in [0.4, 0.5) is 4.39 Å². The van der Waals surface area contributed by atoms with Crippen LogP contribution in [-0.2, 0) is 6.54 Å². The normalized spacial score (nSPS) is 17.3. The molecule has 2 nitrogen and oxygen atoms in total. The summed E-state index contributed by atoms with van der Waals surface area (Å²) in [5.41, 5.74) is 1.41. The molecule has 0 amide bonds. The van der Waals surface area contributed by atoms with Crippen LogP contribution < -0.4 is 0 Å². The minimum Gasteiger partial charge on any atom is -0.299 e. The summed E-state index contributed by atoms with van der Waals surface area (Å²) >= 11 is 0. The highest BCUT2D eigenvalue weighted by Crippen LogP contribution is 2.23. The number of benzene rings is 1. The Morgan fingerprint density at radius 2 is 2.11 bits per heavy atom. The van der Waals surface area contributed by atoms with Crippen molar-refractivity contribution in [2.24, 2.45) is 5.92 Å². The van der Waals surface area contributed by atoms with E-state index in [0.29, 0.717) is 12.1 Å². The monoisotopic (exact) mass is 260 g/mol. The third-order valence-electron chi connectivity index (χ3n) is 3.99. The minimum atomic E-state index is -0.255. The van der Waals surface area contributed by atoms with Gasteiger partial charge in [0, 0.05) is 6.54 Å². The molecule has 1 saturated heterocycles. The largest absolute Gasteiger partial charge is 0.299 e. The van der Waals surface area contributed by atoms with Gasteiger partial charge in [0.15, 0.2) is 0 Å². The zero-order chi connectivity index (χ0) is 13.7. The number of likely N-dealkylation sites (tertiary alicyclic amines) is 1. The van der Waals surface area contributed by atoms with Crippen molar-refractivity contribution in [2.75, 3.05) is 13.1 Å². The van der Waals surface area contributed by atoms with E-state index in [4.69, 9.17) is 5.26 Å². The molecule has 1 aliphatic heterocycles. The first-order chi connectivity index (χ1) is 9.22. The topological polar surface area (TPSA) is 27.0 Å². The quantitative estimate of drug-likeness (QED) is 0.825. The maximum atomic E-state index is 13.3. The third-order valence-corrected chi connectivity index (χ3v) is 3.99. The average Bonchev–Trinajstić information content (AvgIpc) is 2.42. The van der Waals surface area contributed by atoms with Crippen LogP contribution in [0, 0.1) is 23.1 Å². The maximum absolute atomic E-state index is 13.3. The molecule has 1 aromatic rings. The lowest BCUT2D eigenvalue weighted by molar-refractivity contribution is 0.171. The highest BCUT2D eigenvalue weighted by Gasteiger charge is 2.19. The highest BCUT2D eigenvalue weighted by molar-refractivity contribution is 5.37. The molecule has 1 aliphatic rings. The van der Waals surface area contributed by atoms with Crippen LogP contribution in [0.5, 0.6) is 0 Å². The minimum absolute atomic E-state index is 0.255. The first-order valence-electron chi connectivity index (χ1n) is 7.13. The van der Waals surface area contributed by atoms with Crippen LogP contribution in [0.3, 0.4) is 0 Å². The lowest BCUT2D eigenvalue weighted by Gasteiger charge is -2.32. The van der Waals surface area contributed by atoms with Crippen molar-refractivity contribution in [1.82, 2.24) is 4.90 Å².